The van der Waals surface area contributed by atoms with Crippen LogP contribution in [0.4, 0.5) is 0 Å². The molecule has 6 heteroatoms. The average molecular weight is 302 g/mol. The maximum absolute atomic E-state index is 12.8. The summed E-state index contributed by atoms with van der Waals surface area (Å²) in [6, 6.07) is 0. The standard InChI is InChI=1S/C13H22N2O2S2/c1-10-4-3-6-15(7-5-10)19(16,17)13-11(2)9-18-12(13)8-14/h9-10H,3-8,14H2,1-2H3. The summed E-state index contributed by atoms with van der Waals surface area (Å²) in [5, 5.41) is 1.88. The number of nitrogens with zero attached hydrogens (tertiary/aromatic N) is 1. The monoisotopic (exact) mass is 302 g/mol. The topological polar surface area (TPSA) is 63.4 Å². The lowest BCUT2D eigenvalue weighted by molar-refractivity contribution is 0.416. The molecule has 0 amide bonds. The molecule has 0 radical (unpaired) electrons. The van der Waals surface area contributed by atoms with Crippen LogP contribution in [-0.2, 0) is 16.6 Å². The van der Waals surface area contributed by atoms with E-state index in [9.17, 15) is 8.42 Å². The summed E-state index contributed by atoms with van der Waals surface area (Å²) in [5.41, 5.74) is 6.49. The van der Waals surface area contributed by atoms with Crippen molar-refractivity contribution in [3.8, 4) is 0 Å². The Balaban J connectivity index is 2.33. The van der Waals surface area contributed by atoms with E-state index in [0.717, 1.165) is 29.7 Å². The van der Waals surface area contributed by atoms with Gasteiger partial charge in [0.1, 0.15) is 4.90 Å². The molecule has 1 aliphatic rings. The zero-order chi connectivity index (χ0) is 14.0. The van der Waals surface area contributed by atoms with Gasteiger partial charge in [-0.3, -0.25) is 0 Å². The van der Waals surface area contributed by atoms with E-state index in [4.69, 9.17) is 5.73 Å². The van der Waals surface area contributed by atoms with Crippen LogP contribution >= 0.6 is 11.3 Å². The van der Waals surface area contributed by atoms with Gasteiger partial charge in [-0.15, -0.1) is 11.3 Å². The molecule has 2 N–H and O–H groups in total. The summed E-state index contributed by atoms with van der Waals surface area (Å²) >= 11 is 1.44. The number of hydrogen-bond donors (Lipinski definition) is 1. The van der Waals surface area contributed by atoms with Crippen LogP contribution in [0.15, 0.2) is 10.3 Å². The van der Waals surface area contributed by atoms with Gasteiger partial charge < -0.3 is 5.73 Å². The molecule has 2 heterocycles. The van der Waals surface area contributed by atoms with Crippen LogP contribution in [0.1, 0.15) is 36.6 Å². The summed E-state index contributed by atoms with van der Waals surface area (Å²) in [6.45, 7) is 5.59. The highest BCUT2D eigenvalue weighted by Gasteiger charge is 2.30. The molecule has 1 saturated heterocycles. The zero-order valence-electron chi connectivity index (χ0n) is 11.6. The molecule has 1 fully saturated rings. The molecular weight excluding hydrogens is 280 g/mol. The van der Waals surface area contributed by atoms with Crippen molar-refractivity contribution in [2.75, 3.05) is 13.1 Å². The zero-order valence-corrected chi connectivity index (χ0v) is 13.2. The Labute approximate surface area is 119 Å². The first kappa shape index (κ1) is 15.0. The molecule has 0 bridgehead atoms. The van der Waals surface area contributed by atoms with E-state index in [2.05, 4.69) is 6.92 Å². The van der Waals surface area contributed by atoms with Gasteiger partial charge in [-0.2, -0.15) is 4.31 Å². The Hall–Kier alpha value is -0.430. The normalized spacial score (nSPS) is 22.4. The van der Waals surface area contributed by atoms with E-state index in [1.54, 1.807) is 4.31 Å². The third-order valence-corrected chi connectivity index (χ3v) is 7.13. The fourth-order valence-corrected chi connectivity index (χ4v) is 5.73. The number of sulfonamides is 1. The molecule has 1 aromatic heterocycles. The second kappa shape index (κ2) is 5.91. The lowest BCUT2D eigenvalue weighted by Crippen LogP contribution is -2.33. The Morgan fingerprint density at radius 3 is 2.84 bits per heavy atom. The van der Waals surface area contributed by atoms with Crippen LogP contribution in [0.5, 0.6) is 0 Å². The van der Waals surface area contributed by atoms with Crippen LogP contribution in [0.2, 0.25) is 0 Å². The number of hydrogen-bond acceptors (Lipinski definition) is 4. The second-order valence-corrected chi connectivity index (χ2v) is 8.15. The maximum Gasteiger partial charge on any atom is 0.244 e. The fourth-order valence-electron chi connectivity index (χ4n) is 2.58. The highest BCUT2D eigenvalue weighted by Crippen LogP contribution is 2.31. The van der Waals surface area contributed by atoms with Gasteiger partial charge in [0.2, 0.25) is 10.0 Å². The van der Waals surface area contributed by atoms with Gasteiger partial charge in [-0.1, -0.05) is 6.92 Å². The van der Waals surface area contributed by atoms with Crippen molar-refractivity contribution in [1.29, 1.82) is 0 Å². The van der Waals surface area contributed by atoms with Crippen molar-refractivity contribution in [2.45, 2.75) is 44.6 Å². The molecular formula is C13H22N2O2S2. The predicted molar refractivity (Wildman–Crippen MR) is 78.7 cm³/mol. The lowest BCUT2D eigenvalue weighted by Gasteiger charge is -2.21. The summed E-state index contributed by atoms with van der Waals surface area (Å²) in [5.74, 6) is 0.609. The molecule has 1 aromatic rings. The molecule has 0 spiro atoms. The van der Waals surface area contributed by atoms with E-state index in [0.29, 0.717) is 23.9 Å². The molecule has 1 unspecified atom stereocenters. The molecule has 1 atom stereocenters. The highest BCUT2D eigenvalue weighted by molar-refractivity contribution is 7.89. The molecule has 108 valence electrons. The van der Waals surface area contributed by atoms with Gasteiger partial charge in [0, 0.05) is 24.5 Å². The number of thiophene rings is 1. The molecule has 2 rings (SSSR count). The van der Waals surface area contributed by atoms with Crippen molar-refractivity contribution in [3.63, 3.8) is 0 Å². The van der Waals surface area contributed by atoms with Gasteiger partial charge in [0.25, 0.3) is 0 Å². The van der Waals surface area contributed by atoms with Gasteiger partial charge in [-0.05, 0) is 43.0 Å². The van der Waals surface area contributed by atoms with Crippen molar-refractivity contribution >= 4 is 21.4 Å². The van der Waals surface area contributed by atoms with Gasteiger partial charge in [0.15, 0.2) is 0 Å². The SMILES string of the molecule is Cc1csc(CN)c1S(=O)(=O)N1CCCC(C)CC1. The largest absolute Gasteiger partial charge is 0.326 e. The van der Waals surface area contributed by atoms with Crippen molar-refractivity contribution < 1.29 is 8.42 Å². The number of aryl methyl sites for hydroxylation is 1. The van der Waals surface area contributed by atoms with Crippen molar-refractivity contribution in [1.82, 2.24) is 4.31 Å². The summed E-state index contributed by atoms with van der Waals surface area (Å²) in [6.07, 6.45) is 3.00. The van der Waals surface area contributed by atoms with Crippen molar-refractivity contribution in [2.24, 2.45) is 11.7 Å². The summed E-state index contributed by atoms with van der Waals surface area (Å²) in [7, 11) is -3.38. The Morgan fingerprint density at radius 1 is 1.42 bits per heavy atom. The van der Waals surface area contributed by atoms with E-state index >= 15 is 0 Å². The van der Waals surface area contributed by atoms with Crippen molar-refractivity contribution in [3.05, 3.63) is 15.8 Å². The quantitative estimate of drug-likeness (QED) is 0.932. The molecule has 0 saturated carbocycles. The summed E-state index contributed by atoms with van der Waals surface area (Å²) in [4.78, 5) is 1.23. The van der Waals surface area contributed by atoms with Crippen LogP contribution in [0.25, 0.3) is 0 Å². The minimum absolute atomic E-state index is 0.289. The van der Waals surface area contributed by atoms with E-state index in [1.165, 1.54) is 11.3 Å². The van der Waals surface area contributed by atoms with E-state index in [1.807, 2.05) is 12.3 Å². The molecule has 0 aliphatic carbocycles. The van der Waals surface area contributed by atoms with Crippen LogP contribution in [0.3, 0.4) is 0 Å². The molecule has 0 aromatic carbocycles. The van der Waals surface area contributed by atoms with E-state index < -0.39 is 10.0 Å². The second-order valence-electron chi connectivity index (χ2n) is 5.32. The first-order valence-electron chi connectivity index (χ1n) is 6.74. The summed E-state index contributed by atoms with van der Waals surface area (Å²) < 4.78 is 27.2. The van der Waals surface area contributed by atoms with Crippen LogP contribution in [-0.4, -0.2) is 25.8 Å². The first-order chi connectivity index (χ1) is 8.96. The smallest absolute Gasteiger partial charge is 0.244 e. The molecule has 19 heavy (non-hydrogen) atoms. The predicted octanol–water partition coefficient (Wildman–Crippen LogP) is 2.33. The first-order valence-corrected chi connectivity index (χ1v) is 9.06. The third-order valence-electron chi connectivity index (χ3n) is 3.75. The Morgan fingerprint density at radius 2 is 2.16 bits per heavy atom. The fraction of sp³-hybridized carbons (Fsp3) is 0.692. The Bertz CT molecular complexity index is 537. The minimum Gasteiger partial charge on any atom is -0.326 e. The lowest BCUT2D eigenvalue weighted by atomic mass is 10.0. The molecule has 1 aliphatic heterocycles. The van der Waals surface area contributed by atoms with E-state index in [-0.39, 0.29) is 6.54 Å². The van der Waals surface area contributed by atoms with Gasteiger partial charge >= 0.3 is 0 Å². The molecule has 4 nitrogen and oxygen atoms in total. The number of nitrogens with two attached hydrogens (primary N) is 1. The van der Waals surface area contributed by atoms with Crippen LogP contribution in [0, 0.1) is 12.8 Å². The Kier molecular flexibility index (Phi) is 4.66. The minimum atomic E-state index is -3.38. The average Bonchev–Trinajstić information content (AvgIpc) is 2.60. The maximum atomic E-state index is 12.8. The van der Waals surface area contributed by atoms with Crippen LogP contribution < -0.4 is 5.73 Å². The third kappa shape index (κ3) is 3.02. The van der Waals surface area contributed by atoms with Gasteiger partial charge in [-0.25, -0.2) is 8.42 Å². The highest BCUT2D eigenvalue weighted by atomic mass is 32.2. The van der Waals surface area contributed by atoms with Gasteiger partial charge in [0.05, 0.1) is 0 Å². The number of rotatable bonds is 3.